The molecule has 9 nitrogen and oxygen atoms in total. The van der Waals surface area contributed by atoms with E-state index in [0.717, 1.165) is 16.3 Å². The molecule has 1 unspecified atom stereocenters. The molecule has 0 bridgehead atoms. The molecule has 2 heterocycles. The molecule has 0 radical (unpaired) electrons. The fourth-order valence-corrected chi connectivity index (χ4v) is 4.98. The molecule has 34 heavy (non-hydrogen) atoms. The van der Waals surface area contributed by atoms with Gasteiger partial charge in [0.2, 0.25) is 21.7 Å². The third-order valence-electron chi connectivity index (χ3n) is 5.42. The van der Waals surface area contributed by atoms with Crippen molar-refractivity contribution in [2.45, 2.75) is 17.9 Å². The van der Waals surface area contributed by atoms with Crippen LogP contribution in [0.15, 0.2) is 70.1 Å². The van der Waals surface area contributed by atoms with Crippen molar-refractivity contribution in [1.29, 1.82) is 0 Å². The number of rotatable bonds is 6. The Labute approximate surface area is 200 Å². The van der Waals surface area contributed by atoms with Crippen LogP contribution in [0.1, 0.15) is 5.89 Å². The zero-order valence-electron chi connectivity index (χ0n) is 17.9. The number of aromatic nitrogens is 2. The Balaban J connectivity index is 1.25. The van der Waals surface area contributed by atoms with E-state index < -0.39 is 22.2 Å². The minimum atomic E-state index is -3.80. The summed E-state index contributed by atoms with van der Waals surface area (Å²) < 4.78 is 38.5. The molecule has 1 N–H and O–H groups in total. The zero-order valence-corrected chi connectivity index (χ0v) is 19.5. The maximum Gasteiger partial charge on any atom is 0.414 e. The first-order chi connectivity index (χ1) is 16.3. The summed E-state index contributed by atoms with van der Waals surface area (Å²) in [6, 6.07) is 17.1. The van der Waals surface area contributed by atoms with Crippen molar-refractivity contribution in [3.8, 4) is 11.4 Å². The molecular formula is C23H19ClN4O5S. The van der Waals surface area contributed by atoms with Crippen LogP contribution in [-0.2, 0) is 14.8 Å². The third kappa shape index (κ3) is 4.47. The Hall–Kier alpha value is -3.47. The molecule has 3 aromatic carbocycles. The number of carbonyl (C=O) groups is 1. The summed E-state index contributed by atoms with van der Waals surface area (Å²) in [5, 5.41) is 6.04. The van der Waals surface area contributed by atoms with Gasteiger partial charge in [0.15, 0.2) is 0 Å². The van der Waals surface area contributed by atoms with Gasteiger partial charge in [-0.1, -0.05) is 28.9 Å². The molecule has 5 rings (SSSR count). The van der Waals surface area contributed by atoms with E-state index in [-0.39, 0.29) is 18.0 Å². The summed E-state index contributed by atoms with van der Waals surface area (Å²) in [5.41, 5.74) is 1.36. The SMILES string of the molecule is Cc1nc(-c2ccc(N3CC(CNS(=O)(=O)c4ccc5cc(Cl)ccc5c4)OC3=O)cc2)no1. The van der Waals surface area contributed by atoms with E-state index >= 15 is 0 Å². The van der Waals surface area contributed by atoms with E-state index in [1.165, 1.54) is 11.0 Å². The molecule has 0 spiro atoms. The Morgan fingerprint density at radius 3 is 2.56 bits per heavy atom. The lowest BCUT2D eigenvalue weighted by atomic mass is 10.1. The number of benzene rings is 3. The van der Waals surface area contributed by atoms with Crippen molar-refractivity contribution in [2.75, 3.05) is 18.0 Å². The van der Waals surface area contributed by atoms with Crippen molar-refractivity contribution in [1.82, 2.24) is 14.9 Å². The molecule has 174 valence electrons. The van der Waals surface area contributed by atoms with Gasteiger partial charge in [-0.05, 0) is 59.3 Å². The highest BCUT2D eigenvalue weighted by molar-refractivity contribution is 7.89. The number of amides is 1. The van der Waals surface area contributed by atoms with Gasteiger partial charge in [0, 0.05) is 29.7 Å². The molecule has 11 heteroatoms. The van der Waals surface area contributed by atoms with Crippen molar-refractivity contribution in [3.63, 3.8) is 0 Å². The van der Waals surface area contributed by atoms with Crippen LogP contribution >= 0.6 is 11.6 Å². The fourth-order valence-electron chi connectivity index (χ4n) is 3.69. The summed E-state index contributed by atoms with van der Waals surface area (Å²) in [7, 11) is -3.80. The van der Waals surface area contributed by atoms with Gasteiger partial charge in [-0.25, -0.2) is 17.9 Å². The number of nitrogens with one attached hydrogen (secondary N) is 1. The highest BCUT2D eigenvalue weighted by Crippen LogP contribution is 2.26. The number of ether oxygens (including phenoxy) is 1. The van der Waals surface area contributed by atoms with Crippen LogP contribution in [0, 0.1) is 6.92 Å². The Kier molecular flexibility index (Phi) is 5.72. The number of halogens is 1. The van der Waals surface area contributed by atoms with Gasteiger partial charge in [-0.2, -0.15) is 4.98 Å². The van der Waals surface area contributed by atoms with E-state index in [1.807, 2.05) is 0 Å². The minimum Gasteiger partial charge on any atom is -0.443 e. The summed E-state index contributed by atoms with van der Waals surface area (Å²) in [6.45, 7) is 1.86. The second-order valence-electron chi connectivity index (χ2n) is 7.81. The maximum atomic E-state index is 12.8. The highest BCUT2D eigenvalue weighted by Gasteiger charge is 2.33. The number of hydrogen-bond donors (Lipinski definition) is 1. The molecule has 0 saturated carbocycles. The van der Waals surface area contributed by atoms with Crippen LogP contribution in [0.2, 0.25) is 5.02 Å². The van der Waals surface area contributed by atoms with Gasteiger partial charge < -0.3 is 9.26 Å². The average Bonchev–Trinajstić information content (AvgIpc) is 3.43. The van der Waals surface area contributed by atoms with Gasteiger partial charge >= 0.3 is 6.09 Å². The van der Waals surface area contributed by atoms with E-state index in [0.29, 0.717) is 22.4 Å². The molecule has 1 aliphatic heterocycles. The Bertz CT molecular complexity index is 1490. The van der Waals surface area contributed by atoms with Gasteiger partial charge in [-0.15, -0.1) is 0 Å². The number of aryl methyl sites for hydroxylation is 1. The maximum absolute atomic E-state index is 12.8. The molecule has 1 aromatic heterocycles. The van der Waals surface area contributed by atoms with Crippen molar-refractivity contribution < 1.29 is 22.5 Å². The summed E-state index contributed by atoms with van der Waals surface area (Å²) in [5.74, 6) is 0.915. The zero-order chi connectivity index (χ0) is 23.9. The smallest absolute Gasteiger partial charge is 0.414 e. The Morgan fingerprint density at radius 2 is 1.82 bits per heavy atom. The fraction of sp³-hybridized carbons (Fsp3) is 0.174. The molecule has 1 fully saturated rings. The Morgan fingerprint density at radius 1 is 1.09 bits per heavy atom. The number of fused-ring (bicyclic) bond motifs is 1. The van der Waals surface area contributed by atoms with E-state index in [9.17, 15) is 13.2 Å². The van der Waals surface area contributed by atoms with Crippen LogP contribution in [0.5, 0.6) is 0 Å². The number of anilines is 1. The lowest BCUT2D eigenvalue weighted by molar-refractivity contribution is 0.143. The van der Waals surface area contributed by atoms with Crippen LogP contribution in [0.25, 0.3) is 22.2 Å². The molecule has 1 atom stereocenters. The first kappa shape index (κ1) is 22.3. The predicted octanol–water partition coefficient (Wildman–Crippen LogP) is 4.16. The van der Waals surface area contributed by atoms with Crippen LogP contribution in [-0.4, -0.2) is 43.8 Å². The predicted molar refractivity (Wildman–Crippen MR) is 126 cm³/mol. The normalized spacial score (nSPS) is 16.2. The van der Waals surface area contributed by atoms with Gasteiger partial charge in [0.05, 0.1) is 11.4 Å². The average molecular weight is 499 g/mol. The van der Waals surface area contributed by atoms with Gasteiger partial charge in [0.25, 0.3) is 0 Å². The summed E-state index contributed by atoms with van der Waals surface area (Å²) >= 11 is 5.99. The van der Waals surface area contributed by atoms with Crippen molar-refractivity contribution >= 4 is 44.2 Å². The number of nitrogens with zero attached hydrogens (tertiary/aromatic N) is 3. The number of cyclic esters (lactones) is 1. The lowest BCUT2D eigenvalue weighted by Gasteiger charge is -2.13. The monoisotopic (exact) mass is 498 g/mol. The lowest BCUT2D eigenvalue weighted by Crippen LogP contribution is -2.34. The van der Waals surface area contributed by atoms with E-state index in [1.54, 1.807) is 61.5 Å². The quantitative estimate of drug-likeness (QED) is 0.424. The van der Waals surface area contributed by atoms with Crippen LogP contribution < -0.4 is 9.62 Å². The first-order valence-electron chi connectivity index (χ1n) is 10.4. The molecule has 4 aromatic rings. The second kappa shape index (κ2) is 8.71. The van der Waals surface area contributed by atoms with Gasteiger partial charge in [-0.3, -0.25) is 4.90 Å². The number of hydrogen-bond acceptors (Lipinski definition) is 7. The van der Waals surface area contributed by atoms with Crippen LogP contribution in [0.3, 0.4) is 0 Å². The molecule has 1 aliphatic rings. The number of carbonyl (C=O) groups excluding carboxylic acids is 1. The minimum absolute atomic E-state index is 0.0521. The summed E-state index contributed by atoms with van der Waals surface area (Å²) in [4.78, 5) is 18.1. The van der Waals surface area contributed by atoms with Gasteiger partial charge in [0.1, 0.15) is 6.10 Å². The highest BCUT2D eigenvalue weighted by atomic mass is 35.5. The van der Waals surface area contributed by atoms with Crippen molar-refractivity contribution in [3.05, 3.63) is 71.6 Å². The largest absolute Gasteiger partial charge is 0.443 e. The topological polar surface area (TPSA) is 115 Å². The summed E-state index contributed by atoms with van der Waals surface area (Å²) in [6.07, 6.45) is -1.18. The molecule has 0 aliphatic carbocycles. The molecular weight excluding hydrogens is 480 g/mol. The van der Waals surface area contributed by atoms with Crippen LogP contribution in [0.4, 0.5) is 10.5 Å². The van der Waals surface area contributed by atoms with E-state index in [2.05, 4.69) is 14.9 Å². The molecule has 1 saturated heterocycles. The van der Waals surface area contributed by atoms with E-state index in [4.69, 9.17) is 20.9 Å². The third-order valence-corrected chi connectivity index (χ3v) is 7.08. The standard InChI is InChI=1S/C23H19ClN4O5S/c1-14-26-22(27-33-14)15-3-7-19(8-4-15)28-13-20(32-23(28)29)12-25-34(30,31)21-9-5-16-10-18(24)6-2-17(16)11-21/h2-11,20,25H,12-13H2,1H3. The first-order valence-corrected chi connectivity index (χ1v) is 12.2. The molecule has 1 amide bonds. The van der Waals surface area contributed by atoms with Crippen molar-refractivity contribution in [2.24, 2.45) is 0 Å². The number of sulfonamides is 1. The second-order valence-corrected chi connectivity index (χ2v) is 10.0.